The van der Waals surface area contributed by atoms with Crippen molar-refractivity contribution < 1.29 is 4.74 Å². The summed E-state index contributed by atoms with van der Waals surface area (Å²) < 4.78 is 5.48. The molecule has 3 rings (SSSR count). The summed E-state index contributed by atoms with van der Waals surface area (Å²) in [5, 5.41) is 5.67. The number of guanidine groups is 1. The monoisotopic (exact) mass is 534 g/mol. The highest BCUT2D eigenvalue weighted by molar-refractivity contribution is 14.0. The smallest absolute Gasteiger partial charge is 0.193 e. The summed E-state index contributed by atoms with van der Waals surface area (Å²) in [6.45, 7) is 10.5. The van der Waals surface area contributed by atoms with Gasteiger partial charge < -0.3 is 15.0 Å². The predicted octanol–water partition coefficient (Wildman–Crippen LogP) is 4.29. The summed E-state index contributed by atoms with van der Waals surface area (Å²) in [6, 6.07) is 4.40. The highest BCUT2D eigenvalue weighted by atomic mass is 127. The van der Waals surface area contributed by atoms with Crippen molar-refractivity contribution in [3.8, 4) is 0 Å². The number of halogens is 1. The van der Waals surface area contributed by atoms with Crippen LogP contribution in [-0.4, -0.2) is 68.7 Å². The molecule has 166 valence electrons. The van der Waals surface area contributed by atoms with Gasteiger partial charge in [0.1, 0.15) is 0 Å². The maximum Gasteiger partial charge on any atom is 0.193 e. The summed E-state index contributed by atoms with van der Waals surface area (Å²) in [7, 11) is 2.18. The maximum absolute atomic E-state index is 5.48. The predicted molar refractivity (Wildman–Crippen MR) is 135 cm³/mol. The molecule has 2 aliphatic heterocycles. The van der Waals surface area contributed by atoms with Gasteiger partial charge in [-0.15, -0.1) is 35.3 Å². The van der Waals surface area contributed by atoms with E-state index in [0.29, 0.717) is 0 Å². The van der Waals surface area contributed by atoms with Crippen molar-refractivity contribution in [2.45, 2.75) is 45.6 Å². The van der Waals surface area contributed by atoms with E-state index >= 15 is 0 Å². The molecule has 0 bridgehead atoms. The van der Waals surface area contributed by atoms with E-state index in [1.165, 1.54) is 50.1 Å². The number of piperidine rings is 1. The normalized spacial score (nSPS) is 19.7. The number of nitrogens with zero attached hydrogens (tertiary/aromatic N) is 3. The molecule has 1 N–H and O–H groups in total. The summed E-state index contributed by atoms with van der Waals surface area (Å²) in [5.41, 5.74) is 0. The molecule has 5 nitrogen and oxygen atoms in total. The van der Waals surface area contributed by atoms with Crippen molar-refractivity contribution in [1.29, 1.82) is 0 Å². The number of rotatable bonds is 8. The Morgan fingerprint density at radius 3 is 2.66 bits per heavy atom. The molecule has 0 aromatic carbocycles. The van der Waals surface area contributed by atoms with Crippen molar-refractivity contribution in [3.63, 3.8) is 0 Å². The van der Waals surface area contributed by atoms with E-state index in [4.69, 9.17) is 9.73 Å². The Morgan fingerprint density at radius 2 is 2.00 bits per heavy atom. The highest BCUT2D eigenvalue weighted by Gasteiger charge is 2.20. The molecule has 7 heteroatoms. The van der Waals surface area contributed by atoms with Crippen LogP contribution < -0.4 is 5.32 Å². The minimum absolute atomic E-state index is 0. The Labute approximate surface area is 198 Å². The van der Waals surface area contributed by atoms with Crippen molar-refractivity contribution in [2.24, 2.45) is 16.8 Å². The first-order chi connectivity index (χ1) is 13.7. The van der Waals surface area contributed by atoms with Crippen LogP contribution in [0.25, 0.3) is 0 Å². The van der Waals surface area contributed by atoms with E-state index < -0.39 is 0 Å². The van der Waals surface area contributed by atoms with Crippen molar-refractivity contribution >= 4 is 41.3 Å². The van der Waals surface area contributed by atoms with Gasteiger partial charge in [-0.05, 0) is 75.4 Å². The molecule has 2 saturated heterocycles. The first kappa shape index (κ1) is 24.9. The Balaban J connectivity index is 0.00000300. The second-order valence-corrected chi connectivity index (χ2v) is 9.29. The van der Waals surface area contributed by atoms with Crippen molar-refractivity contribution in [2.75, 3.05) is 53.0 Å². The van der Waals surface area contributed by atoms with Crippen LogP contribution in [0.1, 0.15) is 43.9 Å². The Kier molecular flexibility index (Phi) is 11.9. The van der Waals surface area contributed by atoms with Gasteiger partial charge in [0.25, 0.3) is 0 Å². The van der Waals surface area contributed by atoms with E-state index in [1.54, 1.807) is 0 Å². The summed E-state index contributed by atoms with van der Waals surface area (Å²) in [6.07, 6.45) is 6.20. The Morgan fingerprint density at radius 1 is 1.24 bits per heavy atom. The molecule has 2 aliphatic rings. The van der Waals surface area contributed by atoms with Gasteiger partial charge in [0.05, 0.1) is 0 Å². The number of hydrogen-bond donors (Lipinski definition) is 1. The van der Waals surface area contributed by atoms with Crippen LogP contribution in [0.5, 0.6) is 0 Å². The standard InChI is InChI=1S/C22H38N4OS.HI/c1-3-23-22(25(2)11-6-19-9-14-27-15-10-19)24-17-20-7-12-26(13-8-20)18-21-5-4-16-28-21;/h4-5,16,19-20H,3,6-15,17-18H2,1-2H3,(H,23,24);1H. The van der Waals surface area contributed by atoms with E-state index in [0.717, 1.165) is 57.2 Å². The minimum atomic E-state index is 0. The molecular formula is C22H39IN4OS. The third-order valence-corrected chi connectivity index (χ3v) is 6.94. The van der Waals surface area contributed by atoms with Crippen LogP contribution in [0.4, 0.5) is 0 Å². The minimum Gasteiger partial charge on any atom is -0.381 e. The van der Waals surface area contributed by atoms with Gasteiger partial charge in [-0.25, -0.2) is 0 Å². The fourth-order valence-electron chi connectivity index (χ4n) is 4.15. The molecule has 0 unspecified atom stereocenters. The van der Waals surface area contributed by atoms with Crippen LogP contribution in [-0.2, 0) is 11.3 Å². The quantitative estimate of drug-likeness (QED) is 0.307. The largest absolute Gasteiger partial charge is 0.381 e. The van der Waals surface area contributed by atoms with Crippen LogP contribution >= 0.6 is 35.3 Å². The fourth-order valence-corrected chi connectivity index (χ4v) is 4.90. The van der Waals surface area contributed by atoms with Gasteiger partial charge in [-0.2, -0.15) is 0 Å². The van der Waals surface area contributed by atoms with Crippen LogP contribution in [0, 0.1) is 11.8 Å². The van der Waals surface area contributed by atoms with E-state index in [1.807, 2.05) is 11.3 Å². The number of nitrogens with one attached hydrogen (secondary N) is 1. The first-order valence-electron chi connectivity index (χ1n) is 11.1. The molecule has 0 atom stereocenters. The summed E-state index contributed by atoms with van der Waals surface area (Å²) in [4.78, 5) is 11.4. The second-order valence-electron chi connectivity index (χ2n) is 8.26. The molecule has 2 fully saturated rings. The lowest BCUT2D eigenvalue weighted by Gasteiger charge is -2.31. The van der Waals surface area contributed by atoms with Crippen LogP contribution in [0.2, 0.25) is 0 Å². The Bertz CT molecular complexity index is 569. The molecule has 0 radical (unpaired) electrons. The summed E-state index contributed by atoms with van der Waals surface area (Å²) in [5.74, 6) is 2.61. The molecule has 0 saturated carbocycles. The Hall–Kier alpha value is -0.380. The number of ether oxygens (including phenoxy) is 1. The van der Waals surface area contributed by atoms with Gasteiger partial charge in [0.15, 0.2) is 5.96 Å². The molecule has 0 aliphatic carbocycles. The zero-order chi connectivity index (χ0) is 19.6. The SMILES string of the molecule is CCNC(=NCC1CCN(Cc2cccs2)CC1)N(C)CCC1CCOCC1.I. The fraction of sp³-hybridized carbons (Fsp3) is 0.773. The number of hydrogen-bond acceptors (Lipinski definition) is 4. The van der Waals surface area contributed by atoms with Gasteiger partial charge in [0.2, 0.25) is 0 Å². The lowest BCUT2D eigenvalue weighted by Crippen LogP contribution is -2.41. The van der Waals surface area contributed by atoms with Gasteiger partial charge in [-0.1, -0.05) is 6.07 Å². The molecule has 3 heterocycles. The molecule has 1 aromatic heterocycles. The zero-order valence-electron chi connectivity index (χ0n) is 18.1. The van der Waals surface area contributed by atoms with E-state index in [9.17, 15) is 0 Å². The van der Waals surface area contributed by atoms with Crippen LogP contribution in [0.3, 0.4) is 0 Å². The molecular weight excluding hydrogens is 495 g/mol. The average Bonchev–Trinajstić information content (AvgIpc) is 3.24. The topological polar surface area (TPSA) is 40.1 Å². The molecule has 29 heavy (non-hydrogen) atoms. The number of likely N-dealkylation sites (tertiary alicyclic amines) is 1. The second kappa shape index (κ2) is 13.8. The van der Waals surface area contributed by atoms with Crippen molar-refractivity contribution in [3.05, 3.63) is 22.4 Å². The average molecular weight is 535 g/mol. The third-order valence-electron chi connectivity index (χ3n) is 6.08. The highest BCUT2D eigenvalue weighted by Crippen LogP contribution is 2.21. The number of aliphatic imine (C=N–C) groups is 1. The van der Waals surface area contributed by atoms with Gasteiger partial charge >= 0.3 is 0 Å². The zero-order valence-corrected chi connectivity index (χ0v) is 21.3. The van der Waals surface area contributed by atoms with Crippen LogP contribution in [0.15, 0.2) is 22.5 Å². The lowest BCUT2D eigenvalue weighted by atomic mass is 9.96. The lowest BCUT2D eigenvalue weighted by molar-refractivity contribution is 0.0625. The molecule has 0 spiro atoms. The molecule has 1 aromatic rings. The first-order valence-corrected chi connectivity index (χ1v) is 11.9. The van der Waals surface area contributed by atoms with E-state index in [-0.39, 0.29) is 24.0 Å². The van der Waals surface area contributed by atoms with Crippen molar-refractivity contribution in [1.82, 2.24) is 15.1 Å². The van der Waals surface area contributed by atoms with Gasteiger partial charge in [-0.3, -0.25) is 9.89 Å². The maximum atomic E-state index is 5.48. The third kappa shape index (κ3) is 8.71. The molecule has 0 amide bonds. The van der Waals surface area contributed by atoms with E-state index in [2.05, 4.69) is 46.6 Å². The number of thiophene rings is 1. The summed E-state index contributed by atoms with van der Waals surface area (Å²) >= 11 is 1.87. The van der Waals surface area contributed by atoms with Gasteiger partial charge in [0, 0.05) is 51.3 Å².